The number of anilines is 2. The van der Waals surface area contributed by atoms with Gasteiger partial charge in [-0.25, -0.2) is 4.68 Å². The normalized spacial score (nSPS) is 15.6. The summed E-state index contributed by atoms with van der Waals surface area (Å²) in [5.74, 6) is 0.935. The fourth-order valence-electron chi connectivity index (χ4n) is 3.32. The van der Waals surface area contributed by atoms with Crippen LogP contribution in [-0.2, 0) is 4.79 Å². The molecule has 2 aromatic carbocycles. The molecule has 2 heterocycles. The van der Waals surface area contributed by atoms with Gasteiger partial charge in [-0.05, 0) is 25.1 Å². The largest absolute Gasteiger partial charge is 0.496 e. The first-order valence-corrected chi connectivity index (χ1v) is 9.04. The fourth-order valence-corrected chi connectivity index (χ4v) is 3.50. The zero-order valence-electron chi connectivity index (χ0n) is 15.3. The number of benzene rings is 2. The molecule has 2 N–H and O–H groups in total. The summed E-state index contributed by atoms with van der Waals surface area (Å²) < 4.78 is 7.21. The van der Waals surface area contributed by atoms with E-state index in [0.29, 0.717) is 33.7 Å². The van der Waals surface area contributed by atoms with Crippen LogP contribution < -0.4 is 15.4 Å². The van der Waals surface area contributed by atoms with Crippen molar-refractivity contribution in [2.45, 2.75) is 13.0 Å². The first-order chi connectivity index (χ1) is 13.6. The van der Waals surface area contributed by atoms with Crippen molar-refractivity contribution >= 4 is 29.1 Å². The molecule has 0 saturated heterocycles. The van der Waals surface area contributed by atoms with E-state index >= 15 is 0 Å². The number of hydrogen-bond acceptors (Lipinski definition) is 5. The molecule has 1 aliphatic heterocycles. The third-order valence-electron chi connectivity index (χ3n) is 4.59. The topological polar surface area (TPSA) is 81.1 Å². The zero-order chi connectivity index (χ0) is 19.7. The van der Waals surface area contributed by atoms with Gasteiger partial charge in [-0.2, -0.15) is 10.1 Å². The lowest BCUT2D eigenvalue weighted by atomic mass is 9.94. The van der Waals surface area contributed by atoms with Gasteiger partial charge in [0.1, 0.15) is 18.1 Å². The van der Waals surface area contributed by atoms with Gasteiger partial charge in [0, 0.05) is 11.3 Å². The number of nitrogens with one attached hydrogen (secondary N) is 2. The van der Waals surface area contributed by atoms with Crippen LogP contribution in [0.4, 0.5) is 11.6 Å². The average Bonchev–Trinajstić information content (AvgIpc) is 3.16. The zero-order valence-corrected chi connectivity index (χ0v) is 16.1. The first kappa shape index (κ1) is 18.1. The maximum absolute atomic E-state index is 13.3. The minimum atomic E-state index is -0.502. The lowest BCUT2D eigenvalue weighted by Gasteiger charge is -2.29. The maximum Gasteiger partial charge on any atom is 0.255 e. The van der Waals surface area contributed by atoms with Crippen molar-refractivity contribution in [1.29, 1.82) is 0 Å². The molecule has 0 aliphatic carbocycles. The van der Waals surface area contributed by atoms with Crippen LogP contribution in [0.3, 0.4) is 0 Å². The van der Waals surface area contributed by atoms with E-state index in [0.717, 1.165) is 5.56 Å². The molecule has 0 radical (unpaired) electrons. The lowest BCUT2D eigenvalue weighted by Crippen LogP contribution is -2.31. The number of allylic oxidation sites excluding steroid dienone is 1. The Morgan fingerprint density at radius 3 is 2.75 bits per heavy atom. The molecule has 7 nitrogen and oxygen atoms in total. The number of amides is 1. The van der Waals surface area contributed by atoms with Crippen molar-refractivity contribution < 1.29 is 9.53 Å². The van der Waals surface area contributed by atoms with Gasteiger partial charge in [0.2, 0.25) is 5.95 Å². The second-order valence-corrected chi connectivity index (χ2v) is 6.68. The highest BCUT2D eigenvalue weighted by Gasteiger charge is 2.35. The summed E-state index contributed by atoms with van der Waals surface area (Å²) in [6, 6.07) is 14.1. The standard InChI is InChI=1S/C20H18ClN5O2/c1-12-17(19(27)25-15-9-5-4-8-14(15)21)18(26-20(24-12)22-11-23-26)13-7-3-6-10-16(13)28-2/h3-11,18H,1-2H3,(H,25,27)(H,22,23,24)/t18-/m0/s1. The highest BCUT2D eigenvalue weighted by Crippen LogP contribution is 2.39. The summed E-state index contributed by atoms with van der Waals surface area (Å²) in [5, 5.41) is 10.8. The van der Waals surface area contributed by atoms with Crippen molar-refractivity contribution in [2.75, 3.05) is 17.7 Å². The van der Waals surface area contributed by atoms with Crippen LogP contribution in [0.1, 0.15) is 18.5 Å². The SMILES string of the molecule is COc1ccccc1[C@H]1C(C(=O)Nc2ccccc2Cl)=C(C)Nc2ncnn21. The predicted octanol–water partition coefficient (Wildman–Crippen LogP) is 3.87. The van der Waals surface area contributed by atoms with Gasteiger partial charge in [-0.15, -0.1) is 0 Å². The summed E-state index contributed by atoms with van der Waals surface area (Å²) in [6.07, 6.45) is 1.45. The molecular weight excluding hydrogens is 378 g/mol. The van der Waals surface area contributed by atoms with Crippen molar-refractivity contribution in [3.05, 3.63) is 76.7 Å². The van der Waals surface area contributed by atoms with Gasteiger partial charge in [-0.1, -0.05) is 41.9 Å². The third-order valence-corrected chi connectivity index (χ3v) is 4.92. The van der Waals surface area contributed by atoms with E-state index < -0.39 is 6.04 Å². The number of halogens is 1. The molecular formula is C20H18ClN5O2. The van der Waals surface area contributed by atoms with Gasteiger partial charge >= 0.3 is 0 Å². The Morgan fingerprint density at radius 2 is 1.96 bits per heavy atom. The fraction of sp³-hybridized carbons (Fsp3) is 0.150. The molecule has 0 unspecified atom stereocenters. The van der Waals surface area contributed by atoms with E-state index in [1.54, 1.807) is 23.9 Å². The number of carbonyl (C=O) groups is 1. The van der Waals surface area contributed by atoms with Crippen molar-refractivity contribution in [3.63, 3.8) is 0 Å². The number of carbonyl (C=O) groups excluding carboxylic acids is 1. The van der Waals surface area contributed by atoms with Crippen LogP contribution >= 0.6 is 11.6 Å². The molecule has 1 aliphatic rings. The Hall–Kier alpha value is -3.32. The van der Waals surface area contributed by atoms with Gasteiger partial charge in [-0.3, -0.25) is 4.79 Å². The van der Waals surface area contributed by atoms with Gasteiger partial charge in [0.05, 0.1) is 23.4 Å². The van der Waals surface area contributed by atoms with Crippen LogP contribution in [0, 0.1) is 0 Å². The molecule has 0 fully saturated rings. The first-order valence-electron chi connectivity index (χ1n) is 8.66. The Morgan fingerprint density at radius 1 is 1.21 bits per heavy atom. The van der Waals surface area contributed by atoms with Crippen molar-refractivity contribution in [1.82, 2.24) is 14.8 Å². The molecule has 1 atom stereocenters. The number of methoxy groups -OCH3 is 1. The number of fused-ring (bicyclic) bond motifs is 1. The number of aromatic nitrogens is 3. The molecule has 3 aromatic rings. The molecule has 1 amide bonds. The molecule has 0 bridgehead atoms. The Balaban J connectivity index is 1.81. The minimum absolute atomic E-state index is 0.282. The van der Waals surface area contributed by atoms with Crippen molar-refractivity contribution in [3.8, 4) is 5.75 Å². The quantitative estimate of drug-likeness (QED) is 0.700. The maximum atomic E-state index is 13.3. The van der Waals surface area contributed by atoms with Gasteiger partial charge in [0.25, 0.3) is 5.91 Å². The van der Waals surface area contributed by atoms with E-state index in [1.165, 1.54) is 6.33 Å². The molecule has 28 heavy (non-hydrogen) atoms. The monoisotopic (exact) mass is 395 g/mol. The second-order valence-electron chi connectivity index (χ2n) is 6.27. The summed E-state index contributed by atoms with van der Waals surface area (Å²) in [4.78, 5) is 17.5. The number of hydrogen-bond donors (Lipinski definition) is 2. The van der Waals surface area contributed by atoms with Crippen LogP contribution in [0.25, 0.3) is 0 Å². The lowest BCUT2D eigenvalue weighted by molar-refractivity contribution is -0.113. The van der Waals surface area contributed by atoms with E-state index in [2.05, 4.69) is 20.7 Å². The molecule has 0 saturated carbocycles. The van der Waals surface area contributed by atoms with Crippen LogP contribution in [0.2, 0.25) is 5.02 Å². The summed E-state index contributed by atoms with van der Waals surface area (Å²) in [5.41, 5.74) is 2.53. The van der Waals surface area contributed by atoms with Gasteiger partial charge in [0.15, 0.2) is 0 Å². The number of nitrogens with zero attached hydrogens (tertiary/aromatic N) is 3. The summed E-state index contributed by atoms with van der Waals surface area (Å²) in [7, 11) is 1.60. The van der Waals surface area contributed by atoms with Crippen LogP contribution in [0.15, 0.2) is 66.1 Å². The van der Waals surface area contributed by atoms with E-state index in [4.69, 9.17) is 16.3 Å². The Kier molecular flexibility index (Phi) is 4.75. The second kappa shape index (κ2) is 7.36. The molecule has 142 valence electrons. The number of ether oxygens (including phenoxy) is 1. The van der Waals surface area contributed by atoms with E-state index in [9.17, 15) is 4.79 Å². The molecule has 1 aromatic heterocycles. The summed E-state index contributed by atoms with van der Waals surface area (Å²) in [6.45, 7) is 1.84. The number of para-hydroxylation sites is 2. The Bertz CT molecular complexity index is 1080. The predicted molar refractivity (Wildman–Crippen MR) is 108 cm³/mol. The van der Waals surface area contributed by atoms with Crippen molar-refractivity contribution in [2.24, 2.45) is 0 Å². The van der Waals surface area contributed by atoms with E-state index in [-0.39, 0.29) is 5.91 Å². The van der Waals surface area contributed by atoms with Crippen LogP contribution in [-0.4, -0.2) is 27.8 Å². The Labute approximate surface area is 167 Å². The van der Waals surface area contributed by atoms with Gasteiger partial charge < -0.3 is 15.4 Å². The smallest absolute Gasteiger partial charge is 0.255 e. The summed E-state index contributed by atoms with van der Waals surface area (Å²) >= 11 is 6.21. The third kappa shape index (κ3) is 3.10. The van der Waals surface area contributed by atoms with E-state index in [1.807, 2.05) is 43.3 Å². The highest BCUT2D eigenvalue weighted by molar-refractivity contribution is 6.33. The average molecular weight is 396 g/mol. The molecule has 0 spiro atoms. The number of rotatable bonds is 4. The molecule has 8 heteroatoms. The highest BCUT2D eigenvalue weighted by atomic mass is 35.5. The minimum Gasteiger partial charge on any atom is -0.496 e. The molecule has 4 rings (SSSR count). The van der Waals surface area contributed by atoms with Crippen LogP contribution in [0.5, 0.6) is 5.75 Å².